The van der Waals surface area contributed by atoms with Crippen LogP contribution in [0, 0.1) is 0 Å². The Hall–Kier alpha value is -3.13. The van der Waals surface area contributed by atoms with Crippen molar-refractivity contribution in [2.24, 2.45) is 0 Å². The summed E-state index contributed by atoms with van der Waals surface area (Å²) in [6.45, 7) is 9.50. The molecule has 0 aromatic heterocycles. The lowest BCUT2D eigenvalue weighted by Gasteiger charge is -2.19. The number of carbonyl (C=O) groups excluding carboxylic acids is 1. The minimum absolute atomic E-state index is 0.131. The van der Waals surface area contributed by atoms with Crippen molar-refractivity contribution >= 4 is 29.3 Å². The molecular formula is C39H58N2O9. The van der Waals surface area contributed by atoms with E-state index < -0.39 is 0 Å². The van der Waals surface area contributed by atoms with E-state index in [0.717, 1.165) is 59.6 Å². The van der Waals surface area contributed by atoms with Gasteiger partial charge in [-0.05, 0) is 60.4 Å². The predicted octanol–water partition coefficient (Wildman–Crippen LogP) is 4.78. The zero-order valence-electron chi connectivity index (χ0n) is 30.6. The van der Waals surface area contributed by atoms with Crippen LogP contribution in [0.2, 0.25) is 0 Å². The Morgan fingerprint density at radius 3 is 1.10 bits per heavy atom. The molecule has 1 aliphatic rings. The fraction of sp³-hybridized carbons (Fsp3) is 0.564. The van der Waals surface area contributed by atoms with Gasteiger partial charge in [-0.15, -0.1) is 0 Å². The fourth-order valence-corrected chi connectivity index (χ4v) is 5.06. The zero-order valence-corrected chi connectivity index (χ0v) is 30.6. The average molecular weight is 699 g/mol. The molecule has 0 aliphatic heterocycles. The van der Waals surface area contributed by atoms with Gasteiger partial charge in [0.15, 0.2) is 5.78 Å². The summed E-state index contributed by atoms with van der Waals surface area (Å²) < 4.78 is 43.0. The molecule has 1 saturated carbocycles. The van der Waals surface area contributed by atoms with Crippen molar-refractivity contribution < 1.29 is 42.7 Å². The number of rotatable bonds is 28. The molecule has 1 fully saturated rings. The normalized spacial score (nSPS) is 14.7. The number of benzene rings is 2. The van der Waals surface area contributed by atoms with Crippen LogP contribution in [0.5, 0.6) is 0 Å². The van der Waals surface area contributed by atoms with E-state index >= 15 is 0 Å². The van der Waals surface area contributed by atoms with Crippen molar-refractivity contribution in [2.45, 2.75) is 12.8 Å². The van der Waals surface area contributed by atoms with E-state index in [2.05, 4.69) is 58.3 Å². The van der Waals surface area contributed by atoms with Crippen LogP contribution in [0.1, 0.15) is 24.0 Å². The highest BCUT2D eigenvalue weighted by atomic mass is 16.6. The van der Waals surface area contributed by atoms with Gasteiger partial charge in [-0.2, -0.15) is 0 Å². The van der Waals surface area contributed by atoms with Crippen molar-refractivity contribution in [3.05, 3.63) is 70.8 Å². The molecule has 1 aliphatic carbocycles. The highest BCUT2D eigenvalue weighted by molar-refractivity contribution is 6.15. The Morgan fingerprint density at radius 2 is 0.780 bits per heavy atom. The number of carbonyl (C=O) groups is 1. The van der Waals surface area contributed by atoms with Gasteiger partial charge in [-0.1, -0.05) is 24.3 Å². The number of hydrogen-bond donors (Lipinski definition) is 0. The van der Waals surface area contributed by atoms with Gasteiger partial charge >= 0.3 is 0 Å². The molecule has 11 heteroatoms. The van der Waals surface area contributed by atoms with E-state index in [9.17, 15) is 4.79 Å². The maximum atomic E-state index is 13.2. The first kappa shape index (κ1) is 41.3. The zero-order chi connectivity index (χ0) is 35.7. The third kappa shape index (κ3) is 16.7. The number of likely N-dealkylation sites (N-methyl/N-ethyl adjacent to an activating group) is 2. The lowest BCUT2D eigenvalue weighted by atomic mass is 10.1. The summed E-state index contributed by atoms with van der Waals surface area (Å²) in [6.07, 6.45) is 5.54. The lowest BCUT2D eigenvalue weighted by Crippen LogP contribution is -2.23. The molecule has 3 rings (SSSR count). The van der Waals surface area contributed by atoms with Gasteiger partial charge in [0.05, 0.1) is 92.5 Å². The van der Waals surface area contributed by atoms with Crippen LogP contribution >= 0.6 is 0 Å². The van der Waals surface area contributed by atoms with E-state index in [-0.39, 0.29) is 5.78 Å². The van der Waals surface area contributed by atoms with Gasteiger partial charge in [0, 0.05) is 63.9 Å². The van der Waals surface area contributed by atoms with E-state index in [0.29, 0.717) is 92.5 Å². The third-order valence-corrected chi connectivity index (χ3v) is 8.09. The highest BCUT2D eigenvalue weighted by Crippen LogP contribution is 2.30. The van der Waals surface area contributed by atoms with Crippen LogP contribution in [0.15, 0.2) is 59.7 Å². The molecule has 50 heavy (non-hydrogen) atoms. The van der Waals surface area contributed by atoms with Crippen LogP contribution in [-0.2, 0) is 42.7 Å². The van der Waals surface area contributed by atoms with Gasteiger partial charge < -0.3 is 47.7 Å². The summed E-state index contributed by atoms with van der Waals surface area (Å²) in [6, 6.07) is 16.6. The minimum atomic E-state index is 0.131. The van der Waals surface area contributed by atoms with Gasteiger partial charge in [0.2, 0.25) is 0 Å². The molecule has 0 heterocycles. The van der Waals surface area contributed by atoms with Gasteiger partial charge in [0.1, 0.15) is 0 Å². The number of ketones is 1. The number of methoxy groups -OCH3 is 2. The highest BCUT2D eigenvalue weighted by Gasteiger charge is 2.23. The monoisotopic (exact) mass is 698 g/mol. The Bertz CT molecular complexity index is 1160. The second-order valence-electron chi connectivity index (χ2n) is 11.9. The summed E-state index contributed by atoms with van der Waals surface area (Å²) in [7, 11) is 7.40. The molecule has 11 nitrogen and oxygen atoms in total. The summed E-state index contributed by atoms with van der Waals surface area (Å²) in [5.41, 5.74) is 5.96. The standard InChI is InChI=1S/C39H58N2O9/c1-40(15-17-45-23-25-49-29-27-47-21-19-43-3)37-11-5-33(6-12-37)31-35-9-10-36(39(35)42)32-34-7-13-38(14-8-34)41(2)16-18-46-24-26-50-30-28-48-22-20-44-4/h5-8,11-14,31-32H,9-10,15-30H2,1-4H3/b35-31-,36-32-. The molecule has 278 valence electrons. The van der Waals surface area contributed by atoms with Crippen molar-refractivity contribution in [1.82, 2.24) is 0 Å². The lowest BCUT2D eigenvalue weighted by molar-refractivity contribution is -0.111. The topological polar surface area (TPSA) is 97.4 Å². The van der Waals surface area contributed by atoms with Gasteiger partial charge in [-0.3, -0.25) is 4.79 Å². The molecule has 0 radical (unpaired) electrons. The smallest absolute Gasteiger partial charge is 0.185 e. The summed E-state index contributed by atoms with van der Waals surface area (Å²) in [5.74, 6) is 0.131. The van der Waals surface area contributed by atoms with E-state index in [4.69, 9.17) is 37.9 Å². The van der Waals surface area contributed by atoms with Crippen molar-refractivity contribution in [2.75, 3.05) is 144 Å². The number of hydrogen-bond acceptors (Lipinski definition) is 11. The van der Waals surface area contributed by atoms with E-state index in [1.165, 1.54) is 0 Å². The van der Waals surface area contributed by atoms with Crippen LogP contribution in [-0.4, -0.2) is 140 Å². The quantitative estimate of drug-likeness (QED) is 0.0908. The Labute approximate surface area is 299 Å². The van der Waals surface area contributed by atoms with Crippen LogP contribution in [0.4, 0.5) is 11.4 Å². The van der Waals surface area contributed by atoms with Crippen molar-refractivity contribution in [3.63, 3.8) is 0 Å². The SMILES string of the molecule is COCCOCCOCCOCCN(C)c1ccc(/C=C2/CC/C(=C/c3ccc(N(C)CCOCCOCCOCCOC)cc3)C2=O)cc1. The first-order valence-corrected chi connectivity index (χ1v) is 17.5. The summed E-state index contributed by atoms with van der Waals surface area (Å²) in [5, 5.41) is 0. The van der Waals surface area contributed by atoms with E-state index in [1.54, 1.807) is 14.2 Å². The number of nitrogens with zero attached hydrogens (tertiary/aromatic N) is 2. The molecule has 0 N–H and O–H groups in total. The van der Waals surface area contributed by atoms with Crippen LogP contribution in [0.25, 0.3) is 12.2 Å². The van der Waals surface area contributed by atoms with Gasteiger partial charge in [-0.25, -0.2) is 0 Å². The predicted molar refractivity (Wildman–Crippen MR) is 198 cm³/mol. The van der Waals surface area contributed by atoms with Crippen LogP contribution < -0.4 is 9.80 Å². The molecule has 0 amide bonds. The maximum absolute atomic E-state index is 13.2. The second-order valence-corrected chi connectivity index (χ2v) is 11.9. The van der Waals surface area contributed by atoms with E-state index in [1.807, 2.05) is 26.2 Å². The maximum Gasteiger partial charge on any atom is 0.185 e. The largest absolute Gasteiger partial charge is 0.382 e. The molecule has 0 bridgehead atoms. The molecule has 2 aromatic rings. The number of allylic oxidation sites excluding steroid dienone is 2. The Balaban J connectivity index is 1.32. The van der Waals surface area contributed by atoms with Gasteiger partial charge in [0.25, 0.3) is 0 Å². The Morgan fingerprint density at radius 1 is 0.480 bits per heavy atom. The number of Topliss-reactive ketones (excluding diaryl/α,β-unsaturated/α-hetero) is 1. The number of ether oxygens (including phenoxy) is 8. The molecule has 0 atom stereocenters. The number of anilines is 2. The average Bonchev–Trinajstić information content (AvgIpc) is 3.47. The first-order valence-electron chi connectivity index (χ1n) is 17.5. The molecule has 0 saturated heterocycles. The van der Waals surface area contributed by atoms with Crippen LogP contribution in [0.3, 0.4) is 0 Å². The minimum Gasteiger partial charge on any atom is -0.382 e. The second kappa shape index (κ2) is 25.8. The Kier molecular flexibility index (Phi) is 21.3. The summed E-state index contributed by atoms with van der Waals surface area (Å²) in [4.78, 5) is 17.5. The third-order valence-electron chi connectivity index (χ3n) is 8.09. The molecular weight excluding hydrogens is 640 g/mol. The molecule has 2 aromatic carbocycles. The first-order chi connectivity index (χ1) is 24.5. The van der Waals surface area contributed by atoms with Crippen molar-refractivity contribution in [3.8, 4) is 0 Å². The van der Waals surface area contributed by atoms with Crippen molar-refractivity contribution in [1.29, 1.82) is 0 Å². The fourth-order valence-electron chi connectivity index (χ4n) is 5.06. The molecule has 0 spiro atoms. The summed E-state index contributed by atoms with van der Waals surface area (Å²) >= 11 is 0. The molecule has 0 unspecified atom stereocenters.